The lowest BCUT2D eigenvalue weighted by Crippen LogP contribution is -2.31. The third kappa shape index (κ3) is 6.33. The fourth-order valence-corrected chi connectivity index (χ4v) is 3.60. The Kier molecular flexibility index (Phi) is 8.37. The molecule has 2 aromatic rings. The average Bonchev–Trinajstić information content (AvgIpc) is 2.83. The molecule has 1 aliphatic heterocycles. The fraction of sp³-hybridized carbons (Fsp3) is 0.292. The summed E-state index contributed by atoms with van der Waals surface area (Å²) in [7, 11) is 1.35. The van der Waals surface area contributed by atoms with Crippen molar-refractivity contribution in [1.82, 2.24) is 5.32 Å². The molecule has 0 aromatic heterocycles. The number of carbonyl (C=O) groups is 2. The number of ether oxygens (including phenoxy) is 2. The van der Waals surface area contributed by atoms with E-state index >= 15 is 0 Å². The number of carbonyl (C=O) groups excluding carboxylic acids is 2. The van der Waals surface area contributed by atoms with Gasteiger partial charge in [0.1, 0.15) is 28.8 Å². The zero-order valence-electron chi connectivity index (χ0n) is 19.1. The Bertz CT molecular complexity index is 1180. The SMILES string of the molecule is COc1ccc(F)cc1C(=O)NCc1ccc(C(N)=C(C(N)=O)C(N)=NC2CCOCC2)cc1F. The molecule has 0 radical (unpaired) electrons. The fourth-order valence-electron chi connectivity index (χ4n) is 3.60. The van der Waals surface area contributed by atoms with Gasteiger partial charge in [-0.15, -0.1) is 0 Å². The van der Waals surface area contributed by atoms with Gasteiger partial charge in [-0.05, 0) is 37.1 Å². The van der Waals surface area contributed by atoms with Crippen LogP contribution in [0, 0.1) is 11.6 Å². The van der Waals surface area contributed by atoms with E-state index < -0.39 is 23.4 Å². The van der Waals surface area contributed by atoms with Gasteiger partial charge in [0, 0.05) is 30.9 Å². The second-order valence-corrected chi connectivity index (χ2v) is 7.84. The number of hydrogen-bond donors (Lipinski definition) is 4. The van der Waals surface area contributed by atoms with Crippen LogP contribution < -0.4 is 27.3 Å². The highest BCUT2D eigenvalue weighted by atomic mass is 19.1. The molecule has 0 atom stereocenters. The molecule has 35 heavy (non-hydrogen) atoms. The molecule has 1 fully saturated rings. The van der Waals surface area contributed by atoms with Crippen molar-refractivity contribution >= 4 is 23.3 Å². The highest BCUT2D eigenvalue weighted by Crippen LogP contribution is 2.21. The van der Waals surface area contributed by atoms with Crippen LogP contribution in [0.2, 0.25) is 0 Å². The molecule has 9 nitrogen and oxygen atoms in total. The van der Waals surface area contributed by atoms with E-state index in [9.17, 15) is 18.4 Å². The number of halogens is 2. The molecule has 0 saturated carbocycles. The summed E-state index contributed by atoms with van der Waals surface area (Å²) in [4.78, 5) is 28.8. The van der Waals surface area contributed by atoms with Gasteiger partial charge in [0.15, 0.2) is 0 Å². The molecule has 2 amide bonds. The van der Waals surface area contributed by atoms with E-state index in [0.29, 0.717) is 26.1 Å². The maximum Gasteiger partial charge on any atom is 0.255 e. The molecule has 1 heterocycles. The Balaban J connectivity index is 1.80. The van der Waals surface area contributed by atoms with Crippen molar-refractivity contribution in [3.05, 3.63) is 70.3 Å². The molecule has 0 spiro atoms. The number of nitrogens with zero attached hydrogens (tertiary/aromatic N) is 1. The van der Waals surface area contributed by atoms with Gasteiger partial charge in [-0.25, -0.2) is 8.78 Å². The number of nitrogens with two attached hydrogens (primary N) is 3. The van der Waals surface area contributed by atoms with Crippen LogP contribution in [-0.2, 0) is 16.1 Å². The highest BCUT2D eigenvalue weighted by Gasteiger charge is 2.21. The zero-order valence-corrected chi connectivity index (χ0v) is 19.1. The predicted molar refractivity (Wildman–Crippen MR) is 126 cm³/mol. The lowest BCUT2D eigenvalue weighted by molar-refractivity contribution is -0.114. The van der Waals surface area contributed by atoms with Gasteiger partial charge in [0.2, 0.25) is 0 Å². The molecule has 3 rings (SSSR count). The number of rotatable bonds is 8. The zero-order chi connectivity index (χ0) is 25.5. The summed E-state index contributed by atoms with van der Waals surface area (Å²) >= 11 is 0. The van der Waals surface area contributed by atoms with Crippen LogP contribution in [0.25, 0.3) is 5.70 Å². The van der Waals surface area contributed by atoms with Gasteiger partial charge in [0.05, 0.1) is 24.4 Å². The molecule has 0 bridgehead atoms. The Morgan fingerprint density at radius 1 is 1.11 bits per heavy atom. The van der Waals surface area contributed by atoms with E-state index in [4.69, 9.17) is 26.7 Å². The largest absolute Gasteiger partial charge is 0.496 e. The topological polar surface area (TPSA) is 155 Å². The first-order chi connectivity index (χ1) is 16.7. The van der Waals surface area contributed by atoms with Crippen molar-refractivity contribution in [2.24, 2.45) is 22.2 Å². The van der Waals surface area contributed by atoms with E-state index in [-0.39, 0.29) is 52.1 Å². The number of amides is 2. The molecular weight excluding hydrogens is 460 g/mol. The summed E-state index contributed by atoms with van der Waals surface area (Å²) in [6.45, 7) is 0.869. The minimum Gasteiger partial charge on any atom is -0.496 e. The van der Waals surface area contributed by atoms with Gasteiger partial charge in [-0.1, -0.05) is 12.1 Å². The first kappa shape index (κ1) is 25.6. The summed E-state index contributed by atoms with van der Waals surface area (Å²) < 4.78 is 38.7. The van der Waals surface area contributed by atoms with Crippen LogP contribution in [0.3, 0.4) is 0 Å². The smallest absolute Gasteiger partial charge is 0.255 e. The predicted octanol–water partition coefficient (Wildman–Crippen LogP) is 1.59. The lowest BCUT2D eigenvalue weighted by atomic mass is 10.0. The Hall–Kier alpha value is -3.99. The number of methoxy groups -OCH3 is 1. The molecule has 11 heteroatoms. The number of amidine groups is 1. The molecular formula is C24H27F2N5O4. The van der Waals surface area contributed by atoms with Crippen LogP contribution in [0.1, 0.15) is 34.3 Å². The quantitative estimate of drug-likeness (QED) is 0.252. The second-order valence-electron chi connectivity index (χ2n) is 7.84. The van der Waals surface area contributed by atoms with Gasteiger partial charge < -0.3 is 32.0 Å². The van der Waals surface area contributed by atoms with Crippen molar-refractivity contribution in [2.75, 3.05) is 20.3 Å². The molecule has 0 unspecified atom stereocenters. The van der Waals surface area contributed by atoms with E-state index in [2.05, 4.69) is 10.3 Å². The van der Waals surface area contributed by atoms with Gasteiger partial charge in [-0.2, -0.15) is 0 Å². The Morgan fingerprint density at radius 2 is 1.83 bits per heavy atom. The second kappa shape index (κ2) is 11.4. The van der Waals surface area contributed by atoms with Crippen molar-refractivity contribution in [3.8, 4) is 5.75 Å². The standard InChI is InChI=1S/C24H27F2N5O4/c1-34-19-5-4-15(25)11-17(19)24(33)30-12-14-3-2-13(10-18(14)26)21(27)20(23(29)32)22(28)31-16-6-8-35-9-7-16/h2-5,10-11,16H,6-9,12,27H2,1H3,(H2,28,31)(H2,29,32)(H,30,33). The maximum absolute atomic E-state index is 14.8. The molecule has 1 aliphatic rings. The monoisotopic (exact) mass is 487 g/mol. The van der Waals surface area contributed by atoms with Crippen LogP contribution in [0.5, 0.6) is 5.75 Å². The number of nitrogens with one attached hydrogen (secondary N) is 1. The Morgan fingerprint density at radius 3 is 2.46 bits per heavy atom. The van der Waals surface area contributed by atoms with Crippen LogP contribution >= 0.6 is 0 Å². The summed E-state index contributed by atoms with van der Waals surface area (Å²) in [5.41, 5.74) is 17.6. The summed E-state index contributed by atoms with van der Waals surface area (Å²) in [5, 5.41) is 2.52. The maximum atomic E-state index is 14.8. The number of hydrogen-bond acceptors (Lipinski definition) is 6. The molecule has 1 saturated heterocycles. The van der Waals surface area contributed by atoms with Crippen LogP contribution in [0.15, 0.2) is 47.0 Å². The minimum atomic E-state index is -0.892. The van der Waals surface area contributed by atoms with E-state index in [1.165, 1.54) is 25.3 Å². The van der Waals surface area contributed by atoms with E-state index in [1.54, 1.807) is 0 Å². The van der Waals surface area contributed by atoms with Gasteiger partial charge in [-0.3, -0.25) is 14.6 Å². The number of aliphatic imine (C=N–C) groups is 1. The number of benzene rings is 2. The number of primary amides is 1. The van der Waals surface area contributed by atoms with Gasteiger partial charge >= 0.3 is 0 Å². The third-order valence-corrected chi connectivity index (χ3v) is 5.49. The first-order valence-electron chi connectivity index (χ1n) is 10.8. The summed E-state index contributed by atoms with van der Waals surface area (Å²) in [6, 6.07) is 7.33. The van der Waals surface area contributed by atoms with Crippen molar-refractivity contribution in [1.29, 1.82) is 0 Å². The summed E-state index contributed by atoms with van der Waals surface area (Å²) in [5.74, 6) is -2.78. The van der Waals surface area contributed by atoms with Crippen LogP contribution in [0.4, 0.5) is 8.78 Å². The van der Waals surface area contributed by atoms with Crippen molar-refractivity contribution < 1.29 is 27.8 Å². The first-order valence-corrected chi connectivity index (χ1v) is 10.8. The average molecular weight is 488 g/mol. The third-order valence-electron chi connectivity index (χ3n) is 5.49. The van der Waals surface area contributed by atoms with E-state index in [0.717, 1.165) is 18.2 Å². The lowest BCUT2D eigenvalue weighted by Gasteiger charge is -2.19. The normalized spacial score (nSPS) is 15.3. The molecule has 7 N–H and O–H groups in total. The van der Waals surface area contributed by atoms with Crippen molar-refractivity contribution in [3.63, 3.8) is 0 Å². The Labute approximate surface area is 201 Å². The minimum absolute atomic E-state index is 0.0258. The van der Waals surface area contributed by atoms with E-state index in [1.807, 2.05) is 0 Å². The summed E-state index contributed by atoms with van der Waals surface area (Å²) in [6.07, 6.45) is 1.28. The molecule has 186 valence electrons. The molecule has 0 aliphatic carbocycles. The van der Waals surface area contributed by atoms with Crippen LogP contribution in [-0.4, -0.2) is 44.0 Å². The highest BCUT2D eigenvalue weighted by molar-refractivity contribution is 6.24. The van der Waals surface area contributed by atoms with Gasteiger partial charge in [0.25, 0.3) is 11.8 Å². The van der Waals surface area contributed by atoms with Crippen molar-refractivity contribution in [2.45, 2.75) is 25.4 Å². The molecule has 2 aromatic carbocycles.